The van der Waals surface area contributed by atoms with Gasteiger partial charge in [-0.25, -0.2) is 9.50 Å². The van der Waals surface area contributed by atoms with Crippen molar-refractivity contribution in [2.75, 3.05) is 13.2 Å². The van der Waals surface area contributed by atoms with E-state index in [1.807, 2.05) is 24.3 Å². The highest BCUT2D eigenvalue weighted by atomic mass is 28.4. The Kier molecular flexibility index (Phi) is 5.66. The van der Waals surface area contributed by atoms with Crippen LogP contribution < -0.4 is 4.74 Å². The van der Waals surface area contributed by atoms with E-state index in [9.17, 15) is 0 Å². The van der Waals surface area contributed by atoms with Crippen molar-refractivity contribution in [3.05, 3.63) is 48.2 Å². The Balaban J connectivity index is 1.44. The summed E-state index contributed by atoms with van der Waals surface area (Å²) in [7, 11) is -1.72. The molecule has 31 heavy (non-hydrogen) atoms. The Hall–Kier alpha value is -2.64. The van der Waals surface area contributed by atoms with Gasteiger partial charge in [0, 0.05) is 24.5 Å². The van der Waals surface area contributed by atoms with Gasteiger partial charge >= 0.3 is 0 Å². The maximum atomic E-state index is 6.21. The molecule has 3 aromatic heterocycles. The van der Waals surface area contributed by atoms with Crippen LogP contribution in [0.2, 0.25) is 18.1 Å². The van der Waals surface area contributed by atoms with Crippen molar-refractivity contribution < 1.29 is 13.6 Å². The van der Waals surface area contributed by atoms with E-state index in [0.29, 0.717) is 19.1 Å². The van der Waals surface area contributed by atoms with Gasteiger partial charge in [-0.2, -0.15) is 0 Å². The van der Waals surface area contributed by atoms with Gasteiger partial charge in [0.15, 0.2) is 19.7 Å². The number of imidazole rings is 1. The van der Waals surface area contributed by atoms with Crippen LogP contribution in [0.4, 0.5) is 0 Å². The van der Waals surface area contributed by atoms with E-state index in [2.05, 4.69) is 63.0 Å². The average Bonchev–Trinajstić information content (AvgIpc) is 3.29. The van der Waals surface area contributed by atoms with Crippen LogP contribution in [-0.4, -0.2) is 36.1 Å². The van der Waals surface area contributed by atoms with Gasteiger partial charge in [-0.05, 0) is 48.8 Å². The molecule has 0 aliphatic heterocycles. The summed E-state index contributed by atoms with van der Waals surface area (Å²) in [4.78, 5) is 4.45. The van der Waals surface area contributed by atoms with Crippen LogP contribution in [-0.2, 0) is 4.43 Å². The first-order valence-electron chi connectivity index (χ1n) is 10.8. The van der Waals surface area contributed by atoms with Crippen LogP contribution in [0.5, 0.6) is 5.88 Å². The number of aryl methyl sites for hydroxylation is 1. The monoisotopic (exact) mass is 437 g/mol. The molecule has 0 bridgehead atoms. The highest BCUT2D eigenvalue weighted by Crippen LogP contribution is 2.36. The van der Waals surface area contributed by atoms with Crippen molar-refractivity contribution in [3.8, 4) is 17.3 Å². The summed E-state index contributed by atoms with van der Waals surface area (Å²) in [6.45, 7) is 14.6. The zero-order chi connectivity index (χ0) is 22.2. The summed E-state index contributed by atoms with van der Waals surface area (Å²) in [6, 6.07) is 12.0. The van der Waals surface area contributed by atoms with Crippen LogP contribution in [0, 0.1) is 6.92 Å². The highest BCUT2D eigenvalue weighted by Gasteiger charge is 2.36. The third kappa shape index (κ3) is 4.52. The second kappa shape index (κ2) is 8.13. The molecule has 0 radical (unpaired) electrons. The van der Waals surface area contributed by atoms with Crippen molar-refractivity contribution in [1.29, 1.82) is 0 Å². The van der Waals surface area contributed by atoms with E-state index >= 15 is 0 Å². The summed E-state index contributed by atoms with van der Waals surface area (Å²) < 4.78 is 19.9. The fourth-order valence-electron chi connectivity index (χ4n) is 3.15. The topological polar surface area (TPSA) is 61.8 Å². The molecule has 164 valence electrons. The van der Waals surface area contributed by atoms with Crippen molar-refractivity contribution in [3.63, 3.8) is 0 Å². The summed E-state index contributed by atoms with van der Waals surface area (Å²) >= 11 is 0. The molecule has 0 fully saturated rings. The molecule has 0 saturated carbocycles. The largest absolute Gasteiger partial charge is 0.477 e. The highest BCUT2D eigenvalue weighted by molar-refractivity contribution is 6.74. The van der Waals surface area contributed by atoms with E-state index < -0.39 is 8.32 Å². The molecule has 6 nitrogen and oxygen atoms in total. The second-order valence-corrected chi connectivity index (χ2v) is 14.4. The van der Waals surface area contributed by atoms with Crippen molar-refractivity contribution in [2.45, 2.75) is 52.2 Å². The molecule has 0 spiro atoms. The van der Waals surface area contributed by atoms with Crippen molar-refractivity contribution in [1.82, 2.24) is 14.6 Å². The Morgan fingerprint density at radius 2 is 1.87 bits per heavy atom. The molecule has 4 rings (SSSR count). The molecule has 0 unspecified atom stereocenters. The molecular weight excluding hydrogens is 406 g/mol. The van der Waals surface area contributed by atoms with Gasteiger partial charge in [0.2, 0.25) is 5.88 Å². The lowest BCUT2D eigenvalue weighted by Gasteiger charge is -2.36. The lowest BCUT2D eigenvalue weighted by molar-refractivity contribution is 0.228. The average molecular weight is 438 g/mol. The zero-order valence-electron chi connectivity index (χ0n) is 19.2. The molecule has 0 amide bonds. The van der Waals surface area contributed by atoms with E-state index in [1.54, 1.807) is 10.7 Å². The molecule has 4 aromatic rings. The maximum absolute atomic E-state index is 6.21. The van der Waals surface area contributed by atoms with E-state index in [-0.39, 0.29) is 5.04 Å². The molecule has 0 aliphatic carbocycles. The van der Waals surface area contributed by atoms with Crippen LogP contribution in [0.1, 0.15) is 32.8 Å². The molecule has 0 aliphatic rings. The molecule has 0 N–H and O–H groups in total. The summed E-state index contributed by atoms with van der Waals surface area (Å²) in [6.07, 6.45) is 2.61. The van der Waals surface area contributed by atoms with Gasteiger partial charge in [-0.15, -0.1) is 5.10 Å². The number of nitrogens with zero attached hydrogens (tertiary/aromatic N) is 3. The Bertz CT molecular complexity index is 1200. The van der Waals surface area contributed by atoms with Gasteiger partial charge in [0.25, 0.3) is 0 Å². The summed E-state index contributed by atoms with van der Waals surface area (Å²) in [5.74, 6) is 1.30. The van der Waals surface area contributed by atoms with Crippen LogP contribution >= 0.6 is 0 Å². The first-order chi connectivity index (χ1) is 14.6. The lowest BCUT2D eigenvalue weighted by atomic mass is 10.2. The van der Waals surface area contributed by atoms with Gasteiger partial charge in [-0.3, -0.25) is 0 Å². The second-order valence-electron chi connectivity index (χ2n) is 9.55. The lowest BCUT2D eigenvalue weighted by Crippen LogP contribution is -2.41. The predicted molar refractivity (Wildman–Crippen MR) is 126 cm³/mol. The number of ether oxygens (including phenoxy) is 1. The molecular formula is C24H31N3O3Si. The van der Waals surface area contributed by atoms with Crippen molar-refractivity contribution >= 4 is 24.9 Å². The van der Waals surface area contributed by atoms with Crippen LogP contribution in [0.15, 0.2) is 47.0 Å². The number of fused-ring (bicyclic) bond motifs is 2. The maximum Gasteiger partial charge on any atom is 0.231 e. The zero-order valence-corrected chi connectivity index (χ0v) is 20.2. The third-order valence-corrected chi connectivity index (χ3v) is 10.6. The number of aromatic nitrogens is 3. The molecule has 0 atom stereocenters. The quantitative estimate of drug-likeness (QED) is 0.253. The molecule has 1 aromatic carbocycles. The van der Waals surface area contributed by atoms with E-state index in [4.69, 9.17) is 13.6 Å². The van der Waals surface area contributed by atoms with Crippen LogP contribution in [0.3, 0.4) is 0 Å². The minimum atomic E-state index is -1.72. The summed E-state index contributed by atoms with van der Waals surface area (Å²) in [5, 5.41) is 5.90. The molecule has 0 saturated heterocycles. The smallest absolute Gasteiger partial charge is 0.231 e. The van der Waals surface area contributed by atoms with Crippen molar-refractivity contribution in [2.24, 2.45) is 0 Å². The minimum absolute atomic E-state index is 0.216. The first-order valence-corrected chi connectivity index (χ1v) is 13.7. The Morgan fingerprint density at radius 1 is 1.06 bits per heavy atom. The number of benzene rings is 1. The standard InChI is InChI=1S/C24H31N3O3Si/c1-17-8-9-18-15-21(30-20(18)14-17)19-16-25-22-10-11-23(26-27(19)22)28-12-7-13-29-31(5,6)24(2,3)4/h8-11,14-16H,7,12-13H2,1-6H3. The Morgan fingerprint density at radius 3 is 2.65 bits per heavy atom. The third-order valence-electron chi connectivity index (χ3n) is 6.07. The SMILES string of the molecule is Cc1ccc2cc(-c3cnc4ccc(OCCCO[Si](C)(C)C(C)(C)C)nn34)oc2c1. The number of furan rings is 1. The first kappa shape index (κ1) is 21.6. The van der Waals surface area contributed by atoms with Gasteiger partial charge in [0.05, 0.1) is 12.8 Å². The fraction of sp³-hybridized carbons (Fsp3) is 0.417. The van der Waals surface area contributed by atoms with Gasteiger partial charge < -0.3 is 13.6 Å². The van der Waals surface area contributed by atoms with E-state index in [1.165, 1.54) is 0 Å². The van der Waals surface area contributed by atoms with Gasteiger partial charge in [0.1, 0.15) is 11.3 Å². The normalized spacial score (nSPS) is 12.7. The molecule has 7 heteroatoms. The van der Waals surface area contributed by atoms with Gasteiger partial charge in [-0.1, -0.05) is 32.9 Å². The molecule has 3 heterocycles. The fourth-order valence-corrected chi connectivity index (χ4v) is 4.23. The summed E-state index contributed by atoms with van der Waals surface area (Å²) in [5.41, 5.74) is 3.58. The number of rotatable bonds is 7. The van der Waals surface area contributed by atoms with E-state index in [0.717, 1.165) is 40.1 Å². The predicted octanol–water partition coefficient (Wildman–Crippen LogP) is 6.24. The van der Waals surface area contributed by atoms with Crippen LogP contribution in [0.25, 0.3) is 28.1 Å². The number of hydrogen-bond acceptors (Lipinski definition) is 5. The number of hydrogen-bond donors (Lipinski definition) is 0. The minimum Gasteiger partial charge on any atom is -0.477 e. The Labute approximate surface area is 184 Å².